The molecule has 0 aliphatic carbocycles. The zero-order chi connectivity index (χ0) is 25.1. The predicted octanol–water partition coefficient (Wildman–Crippen LogP) is 4.83. The highest BCUT2D eigenvalue weighted by Gasteiger charge is 2.20. The Kier molecular flexibility index (Phi) is 6.19. The summed E-state index contributed by atoms with van der Waals surface area (Å²) in [6, 6.07) is 23.5. The van der Waals surface area contributed by atoms with Crippen molar-refractivity contribution in [3.05, 3.63) is 118 Å². The van der Waals surface area contributed by atoms with Gasteiger partial charge in [-0.15, -0.1) is 0 Å². The van der Waals surface area contributed by atoms with Crippen LogP contribution >= 0.6 is 0 Å². The van der Waals surface area contributed by atoms with E-state index in [1.165, 1.54) is 16.8 Å². The van der Waals surface area contributed by atoms with Gasteiger partial charge in [0.1, 0.15) is 5.75 Å². The van der Waals surface area contributed by atoms with Gasteiger partial charge < -0.3 is 15.0 Å². The minimum atomic E-state index is -0.460. The first-order valence-electron chi connectivity index (χ1n) is 11.3. The van der Waals surface area contributed by atoms with Crippen LogP contribution in [0.25, 0.3) is 16.6 Å². The van der Waals surface area contributed by atoms with Crippen LogP contribution in [0.1, 0.15) is 27.5 Å². The van der Waals surface area contributed by atoms with Gasteiger partial charge in [0, 0.05) is 47.9 Å². The number of nitrogens with one attached hydrogen (secondary N) is 2. The first-order valence-corrected chi connectivity index (χ1v) is 11.3. The molecule has 3 aromatic carbocycles. The molecule has 0 fully saturated rings. The van der Waals surface area contributed by atoms with Gasteiger partial charge >= 0.3 is 0 Å². The number of nitro benzene ring substituents is 1. The number of H-pyrrole nitrogens is 1. The Bertz CT molecular complexity index is 1520. The van der Waals surface area contributed by atoms with Gasteiger partial charge in [-0.25, -0.2) is 4.68 Å². The van der Waals surface area contributed by atoms with E-state index >= 15 is 0 Å². The van der Waals surface area contributed by atoms with E-state index in [1.54, 1.807) is 31.5 Å². The van der Waals surface area contributed by atoms with E-state index in [1.807, 2.05) is 48.7 Å². The Hall–Kier alpha value is -4.92. The van der Waals surface area contributed by atoms with Gasteiger partial charge in [-0.3, -0.25) is 14.9 Å². The van der Waals surface area contributed by atoms with Gasteiger partial charge in [0.05, 0.1) is 17.7 Å². The number of fused-ring (bicyclic) bond motifs is 1. The lowest BCUT2D eigenvalue weighted by atomic mass is 9.90. The van der Waals surface area contributed by atoms with Crippen molar-refractivity contribution < 1.29 is 14.5 Å². The van der Waals surface area contributed by atoms with Gasteiger partial charge in [-0.05, 0) is 47.5 Å². The average Bonchev–Trinajstić information content (AvgIpc) is 3.57. The lowest BCUT2D eigenvalue weighted by Crippen LogP contribution is -2.29. The topological polar surface area (TPSA) is 115 Å². The molecule has 2 heterocycles. The van der Waals surface area contributed by atoms with Crippen molar-refractivity contribution in [2.24, 2.45) is 0 Å². The second kappa shape index (κ2) is 9.75. The number of benzene rings is 3. The zero-order valence-electron chi connectivity index (χ0n) is 19.4. The lowest BCUT2D eigenvalue weighted by molar-refractivity contribution is -0.384. The van der Waals surface area contributed by atoms with E-state index in [9.17, 15) is 14.9 Å². The minimum absolute atomic E-state index is 0.00859. The van der Waals surface area contributed by atoms with E-state index in [0.29, 0.717) is 12.2 Å². The van der Waals surface area contributed by atoms with E-state index < -0.39 is 4.92 Å². The fourth-order valence-electron chi connectivity index (χ4n) is 4.23. The highest BCUT2D eigenvalue weighted by Crippen LogP contribution is 2.31. The molecule has 2 N–H and O–H groups in total. The van der Waals surface area contributed by atoms with Gasteiger partial charge in [0.2, 0.25) is 0 Å². The van der Waals surface area contributed by atoms with E-state index in [4.69, 9.17) is 4.74 Å². The minimum Gasteiger partial charge on any atom is -0.497 e. The fourth-order valence-corrected chi connectivity index (χ4v) is 4.23. The number of nitro groups is 1. The Morgan fingerprint density at radius 2 is 1.83 bits per heavy atom. The maximum Gasteiger partial charge on any atom is 0.271 e. The first-order chi connectivity index (χ1) is 17.5. The number of nitrogens with zero attached hydrogens (tertiary/aromatic N) is 3. The van der Waals surface area contributed by atoms with Crippen LogP contribution in [0.2, 0.25) is 0 Å². The second-order valence-corrected chi connectivity index (χ2v) is 8.24. The van der Waals surface area contributed by atoms with E-state index in [-0.39, 0.29) is 23.2 Å². The highest BCUT2D eigenvalue weighted by atomic mass is 16.6. The highest BCUT2D eigenvalue weighted by molar-refractivity contribution is 5.92. The van der Waals surface area contributed by atoms with Gasteiger partial charge in [-0.2, -0.15) is 5.10 Å². The number of aromatic amines is 1. The molecule has 9 nitrogen and oxygen atoms in total. The normalized spacial score (nSPS) is 11.8. The molecule has 0 saturated carbocycles. The van der Waals surface area contributed by atoms with Crippen molar-refractivity contribution in [2.75, 3.05) is 13.7 Å². The van der Waals surface area contributed by atoms with Crippen LogP contribution in [0.4, 0.5) is 5.69 Å². The number of methoxy groups -OCH3 is 1. The number of carbonyl (C=O) groups excluding carboxylic acids is 1. The number of carbonyl (C=O) groups is 1. The van der Waals surface area contributed by atoms with Crippen LogP contribution in [0.5, 0.6) is 5.75 Å². The number of hydrogen-bond acceptors (Lipinski definition) is 5. The van der Waals surface area contributed by atoms with Crippen LogP contribution in [0.15, 0.2) is 91.3 Å². The summed E-state index contributed by atoms with van der Waals surface area (Å²) in [5, 5.41) is 19.3. The summed E-state index contributed by atoms with van der Waals surface area (Å²) in [5.41, 5.74) is 4.00. The number of amides is 1. The Balaban J connectivity index is 1.37. The average molecular weight is 482 g/mol. The van der Waals surface area contributed by atoms with Crippen LogP contribution < -0.4 is 10.1 Å². The molecule has 0 saturated heterocycles. The van der Waals surface area contributed by atoms with Crippen molar-refractivity contribution >= 4 is 22.5 Å². The third-order valence-corrected chi connectivity index (χ3v) is 6.13. The number of ether oxygens (including phenoxy) is 1. The molecule has 0 spiro atoms. The van der Waals surface area contributed by atoms with Gasteiger partial charge in [0.25, 0.3) is 11.6 Å². The largest absolute Gasteiger partial charge is 0.497 e. The van der Waals surface area contributed by atoms with Crippen molar-refractivity contribution in [1.29, 1.82) is 0 Å². The molecule has 0 aliphatic rings. The van der Waals surface area contributed by atoms with Crippen LogP contribution in [-0.2, 0) is 0 Å². The summed E-state index contributed by atoms with van der Waals surface area (Å²) in [4.78, 5) is 26.7. The Morgan fingerprint density at radius 1 is 1.08 bits per heavy atom. The summed E-state index contributed by atoms with van der Waals surface area (Å²) < 4.78 is 6.82. The maximum atomic E-state index is 13.0. The van der Waals surface area contributed by atoms with Crippen LogP contribution in [0, 0.1) is 10.1 Å². The Morgan fingerprint density at radius 3 is 2.56 bits per heavy atom. The lowest BCUT2D eigenvalue weighted by Gasteiger charge is -2.18. The van der Waals surface area contributed by atoms with Gasteiger partial charge in [-0.1, -0.05) is 30.3 Å². The SMILES string of the molecule is COc1ccc(C(CNC(=O)c2ccn(-c3ccc([N+](=O)[O-])cc3)n2)c2c[nH]c3ccccc23)cc1. The monoisotopic (exact) mass is 481 g/mol. The number of para-hydroxylation sites is 1. The van der Waals surface area contributed by atoms with Crippen LogP contribution in [0.3, 0.4) is 0 Å². The zero-order valence-corrected chi connectivity index (χ0v) is 19.4. The van der Waals surface area contributed by atoms with E-state index in [2.05, 4.69) is 21.5 Å². The molecule has 1 atom stereocenters. The molecule has 1 unspecified atom stereocenters. The number of non-ortho nitro benzene ring substituents is 1. The van der Waals surface area contributed by atoms with Crippen molar-refractivity contribution in [3.8, 4) is 11.4 Å². The molecule has 36 heavy (non-hydrogen) atoms. The molecule has 5 rings (SSSR count). The number of rotatable bonds is 8. The molecule has 9 heteroatoms. The van der Waals surface area contributed by atoms with Crippen molar-refractivity contribution in [2.45, 2.75) is 5.92 Å². The third kappa shape index (κ3) is 4.54. The molecule has 2 aromatic heterocycles. The molecule has 1 amide bonds. The third-order valence-electron chi connectivity index (χ3n) is 6.13. The quantitative estimate of drug-likeness (QED) is 0.243. The van der Waals surface area contributed by atoms with Crippen molar-refractivity contribution in [1.82, 2.24) is 20.1 Å². The molecule has 0 aliphatic heterocycles. The van der Waals surface area contributed by atoms with Crippen LogP contribution in [-0.4, -0.2) is 39.2 Å². The maximum absolute atomic E-state index is 13.0. The smallest absolute Gasteiger partial charge is 0.271 e. The Labute approximate surface area is 206 Å². The van der Waals surface area contributed by atoms with E-state index in [0.717, 1.165) is 27.8 Å². The fraction of sp³-hybridized carbons (Fsp3) is 0.111. The molecule has 180 valence electrons. The first kappa shape index (κ1) is 22.9. The molecule has 0 radical (unpaired) electrons. The molecule has 0 bridgehead atoms. The van der Waals surface area contributed by atoms with Crippen molar-refractivity contribution in [3.63, 3.8) is 0 Å². The standard InChI is InChI=1S/C27H23N5O4/c1-36-21-12-6-18(7-13-21)23(24-17-28-25-5-3-2-4-22(24)25)16-29-27(33)26-14-15-31(30-26)19-8-10-20(11-9-19)32(34)35/h2-15,17,23,28H,16H2,1H3,(H,29,33). The molecule has 5 aromatic rings. The summed E-state index contributed by atoms with van der Waals surface area (Å²) in [6.07, 6.45) is 3.63. The number of aromatic nitrogens is 3. The second-order valence-electron chi connectivity index (χ2n) is 8.24. The summed E-state index contributed by atoms with van der Waals surface area (Å²) in [5.74, 6) is 0.346. The predicted molar refractivity (Wildman–Crippen MR) is 136 cm³/mol. The summed E-state index contributed by atoms with van der Waals surface area (Å²) in [6.45, 7) is 0.359. The molecular formula is C27H23N5O4. The number of hydrogen-bond donors (Lipinski definition) is 2. The molecular weight excluding hydrogens is 458 g/mol. The van der Waals surface area contributed by atoms with Gasteiger partial charge in [0.15, 0.2) is 5.69 Å². The summed E-state index contributed by atoms with van der Waals surface area (Å²) in [7, 11) is 1.63. The summed E-state index contributed by atoms with van der Waals surface area (Å²) >= 11 is 0.